The normalized spacial score (nSPS) is 17.8. The lowest BCUT2D eigenvalue weighted by molar-refractivity contribution is 0.291. The molecular formula is C14H21N7. The zero-order valence-corrected chi connectivity index (χ0v) is 12.7. The third kappa shape index (κ3) is 2.96. The first-order valence-corrected chi connectivity index (χ1v) is 7.26. The van der Waals surface area contributed by atoms with Gasteiger partial charge >= 0.3 is 0 Å². The summed E-state index contributed by atoms with van der Waals surface area (Å²) in [6.07, 6.45) is 5.94. The summed E-state index contributed by atoms with van der Waals surface area (Å²) in [5.74, 6) is 1.82. The van der Waals surface area contributed by atoms with Crippen molar-refractivity contribution in [2.45, 2.75) is 26.7 Å². The molecule has 0 atom stereocenters. The van der Waals surface area contributed by atoms with E-state index in [-0.39, 0.29) is 5.41 Å². The van der Waals surface area contributed by atoms with Crippen LogP contribution in [0.5, 0.6) is 0 Å². The van der Waals surface area contributed by atoms with E-state index in [4.69, 9.17) is 0 Å². The molecule has 21 heavy (non-hydrogen) atoms. The first-order chi connectivity index (χ1) is 10.1. The Labute approximate surface area is 124 Å². The Morgan fingerprint density at radius 1 is 1.19 bits per heavy atom. The summed E-state index contributed by atoms with van der Waals surface area (Å²) in [6, 6.07) is 1.85. The molecule has 0 radical (unpaired) electrons. The minimum atomic E-state index is 0.288. The molecule has 1 aliphatic rings. The van der Waals surface area contributed by atoms with Gasteiger partial charge in [-0.2, -0.15) is 20.1 Å². The number of aromatic nitrogens is 5. The molecule has 3 rings (SSSR count). The molecule has 1 aliphatic heterocycles. The molecule has 0 aromatic carbocycles. The maximum atomic E-state index is 4.58. The van der Waals surface area contributed by atoms with Gasteiger partial charge in [-0.15, -0.1) is 0 Å². The molecule has 2 aromatic rings. The maximum Gasteiger partial charge on any atom is 0.257 e. The highest BCUT2D eigenvalue weighted by Crippen LogP contribution is 2.30. The quantitative estimate of drug-likeness (QED) is 0.927. The van der Waals surface area contributed by atoms with Crippen molar-refractivity contribution < 1.29 is 0 Å². The van der Waals surface area contributed by atoms with E-state index in [9.17, 15) is 0 Å². The molecule has 7 nitrogen and oxygen atoms in total. The van der Waals surface area contributed by atoms with Gasteiger partial charge in [-0.3, -0.25) is 0 Å². The second-order valence-electron chi connectivity index (χ2n) is 6.15. The Balaban J connectivity index is 1.96. The third-order valence-corrected chi connectivity index (χ3v) is 3.73. The van der Waals surface area contributed by atoms with E-state index >= 15 is 0 Å². The zero-order valence-electron chi connectivity index (χ0n) is 12.7. The van der Waals surface area contributed by atoms with E-state index in [2.05, 4.69) is 44.1 Å². The topological polar surface area (TPSA) is 71.8 Å². The van der Waals surface area contributed by atoms with E-state index in [1.54, 1.807) is 10.9 Å². The van der Waals surface area contributed by atoms with Gasteiger partial charge in [0.1, 0.15) is 0 Å². The lowest BCUT2D eigenvalue weighted by atomic mass is 9.84. The van der Waals surface area contributed by atoms with Crippen LogP contribution in [0.1, 0.15) is 26.7 Å². The van der Waals surface area contributed by atoms with Crippen LogP contribution >= 0.6 is 0 Å². The Hall–Kier alpha value is -2.18. The van der Waals surface area contributed by atoms with Crippen molar-refractivity contribution in [1.82, 2.24) is 24.7 Å². The highest BCUT2D eigenvalue weighted by molar-refractivity contribution is 5.40. The first-order valence-electron chi connectivity index (χ1n) is 7.26. The smallest absolute Gasteiger partial charge is 0.257 e. The molecule has 2 aromatic heterocycles. The molecule has 1 fully saturated rings. The molecule has 1 saturated heterocycles. The van der Waals surface area contributed by atoms with Crippen molar-refractivity contribution in [3.05, 3.63) is 18.5 Å². The van der Waals surface area contributed by atoms with Gasteiger partial charge in [0.15, 0.2) is 0 Å². The summed E-state index contributed by atoms with van der Waals surface area (Å²) in [4.78, 5) is 15.7. The molecule has 112 valence electrons. The van der Waals surface area contributed by atoms with Gasteiger partial charge in [0.25, 0.3) is 5.95 Å². The minimum absolute atomic E-state index is 0.288. The molecule has 0 bridgehead atoms. The van der Waals surface area contributed by atoms with Crippen molar-refractivity contribution in [2.75, 3.05) is 30.4 Å². The van der Waals surface area contributed by atoms with Crippen LogP contribution in [0.4, 0.5) is 11.9 Å². The molecular weight excluding hydrogens is 266 g/mol. The number of piperidine rings is 1. The van der Waals surface area contributed by atoms with Crippen molar-refractivity contribution >= 4 is 11.9 Å². The summed E-state index contributed by atoms with van der Waals surface area (Å²) in [5.41, 5.74) is 0.288. The Morgan fingerprint density at radius 3 is 2.67 bits per heavy atom. The zero-order chi connectivity index (χ0) is 14.9. The number of anilines is 2. The van der Waals surface area contributed by atoms with Crippen LogP contribution < -0.4 is 10.2 Å². The van der Waals surface area contributed by atoms with Gasteiger partial charge in [0.2, 0.25) is 11.9 Å². The summed E-state index contributed by atoms with van der Waals surface area (Å²) in [7, 11) is 1.81. The lowest BCUT2D eigenvalue weighted by Crippen LogP contribution is -2.41. The number of nitrogens with one attached hydrogen (secondary N) is 1. The molecule has 0 amide bonds. The summed E-state index contributed by atoms with van der Waals surface area (Å²) < 4.78 is 1.65. The van der Waals surface area contributed by atoms with Crippen LogP contribution in [-0.2, 0) is 0 Å². The summed E-state index contributed by atoms with van der Waals surface area (Å²) in [5, 5.41) is 7.19. The third-order valence-electron chi connectivity index (χ3n) is 3.73. The summed E-state index contributed by atoms with van der Waals surface area (Å²) >= 11 is 0. The van der Waals surface area contributed by atoms with Crippen LogP contribution in [0.3, 0.4) is 0 Å². The number of rotatable bonds is 3. The minimum Gasteiger partial charge on any atom is -0.357 e. The fourth-order valence-electron chi connectivity index (χ4n) is 2.69. The number of hydrogen-bond donors (Lipinski definition) is 1. The van der Waals surface area contributed by atoms with Gasteiger partial charge in [-0.1, -0.05) is 13.8 Å². The van der Waals surface area contributed by atoms with Gasteiger partial charge in [0.05, 0.1) is 0 Å². The molecule has 7 heteroatoms. The van der Waals surface area contributed by atoms with Crippen LogP contribution in [0.2, 0.25) is 0 Å². The lowest BCUT2D eigenvalue weighted by Gasteiger charge is -2.38. The van der Waals surface area contributed by atoms with Crippen molar-refractivity contribution in [2.24, 2.45) is 5.41 Å². The van der Waals surface area contributed by atoms with E-state index in [0.29, 0.717) is 17.8 Å². The van der Waals surface area contributed by atoms with Crippen molar-refractivity contribution in [3.63, 3.8) is 0 Å². The van der Waals surface area contributed by atoms with Crippen LogP contribution in [0, 0.1) is 5.41 Å². The Kier molecular flexibility index (Phi) is 3.48. The molecule has 3 heterocycles. The predicted molar refractivity (Wildman–Crippen MR) is 81.7 cm³/mol. The average Bonchev–Trinajstić information content (AvgIpc) is 3.00. The van der Waals surface area contributed by atoms with Gasteiger partial charge in [-0.05, 0) is 24.3 Å². The molecule has 0 spiro atoms. The van der Waals surface area contributed by atoms with Crippen molar-refractivity contribution in [1.29, 1.82) is 0 Å². The highest BCUT2D eigenvalue weighted by Gasteiger charge is 2.28. The SMILES string of the molecule is CNc1nc(N2CCCC(C)(C)C2)nc(-n2cccn2)n1. The largest absolute Gasteiger partial charge is 0.357 e. The monoisotopic (exact) mass is 287 g/mol. The second-order valence-corrected chi connectivity index (χ2v) is 6.15. The van der Waals surface area contributed by atoms with Crippen LogP contribution in [-0.4, -0.2) is 44.9 Å². The number of nitrogens with zero attached hydrogens (tertiary/aromatic N) is 6. The van der Waals surface area contributed by atoms with Gasteiger partial charge in [0, 0.05) is 32.5 Å². The summed E-state index contributed by atoms with van der Waals surface area (Å²) in [6.45, 7) is 6.51. The fraction of sp³-hybridized carbons (Fsp3) is 0.571. The van der Waals surface area contributed by atoms with Crippen LogP contribution in [0.25, 0.3) is 5.95 Å². The van der Waals surface area contributed by atoms with Crippen molar-refractivity contribution in [3.8, 4) is 5.95 Å². The maximum absolute atomic E-state index is 4.58. The Bertz CT molecular complexity index is 606. The first kappa shape index (κ1) is 13.8. The average molecular weight is 287 g/mol. The van der Waals surface area contributed by atoms with E-state index in [0.717, 1.165) is 19.5 Å². The standard InChI is InChI=1S/C14H21N7/c1-14(2)6-4-8-20(10-14)12-17-11(15-3)18-13(19-12)21-9-5-7-16-21/h5,7,9H,4,6,8,10H2,1-3H3,(H,15,17,18,19). The number of hydrogen-bond acceptors (Lipinski definition) is 6. The molecule has 0 saturated carbocycles. The fourth-order valence-corrected chi connectivity index (χ4v) is 2.69. The molecule has 0 unspecified atom stereocenters. The van der Waals surface area contributed by atoms with Gasteiger partial charge in [-0.25, -0.2) is 4.68 Å². The second kappa shape index (κ2) is 5.31. The Morgan fingerprint density at radius 2 is 2.00 bits per heavy atom. The van der Waals surface area contributed by atoms with E-state index in [1.165, 1.54) is 6.42 Å². The predicted octanol–water partition coefficient (Wildman–Crippen LogP) is 1.73. The van der Waals surface area contributed by atoms with Gasteiger partial charge < -0.3 is 10.2 Å². The molecule has 0 aliphatic carbocycles. The molecule has 1 N–H and O–H groups in total. The highest BCUT2D eigenvalue weighted by atomic mass is 15.4. The van der Waals surface area contributed by atoms with E-state index in [1.807, 2.05) is 19.3 Å². The van der Waals surface area contributed by atoms with E-state index < -0.39 is 0 Å². The van der Waals surface area contributed by atoms with Crippen LogP contribution in [0.15, 0.2) is 18.5 Å².